The lowest BCUT2D eigenvalue weighted by Crippen LogP contribution is -2.48. The van der Waals surface area contributed by atoms with Crippen molar-refractivity contribution in [1.82, 2.24) is 34.4 Å². The van der Waals surface area contributed by atoms with Crippen LogP contribution in [0.4, 0.5) is 13.2 Å². The van der Waals surface area contributed by atoms with E-state index in [-0.39, 0.29) is 30.0 Å². The summed E-state index contributed by atoms with van der Waals surface area (Å²) < 4.78 is 44.9. The number of aromatic nitrogens is 6. The zero-order chi connectivity index (χ0) is 25.0. The van der Waals surface area contributed by atoms with E-state index in [0.717, 1.165) is 48.3 Å². The molecule has 36 heavy (non-hydrogen) atoms. The highest BCUT2D eigenvalue weighted by Crippen LogP contribution is 2.44. The predicted molar refractivity (Wildman–Crippen MR) is 123 cm³/mol. The molecule has 0 saturated carbocycles. The summed E-state index contributed by atoms with van der Waals surface area (Å²) in [5.74, 6) is -4.06. The minimum atomic E-state index is -1.49. The van der Waals surface area contributed by atoms with Crippen LogP contribution in [0.3, 0.4) is 0 Å². The van der Waals surface area contributed by atoms with Crippen molar-refractivity contribution >= 4 is 5.78 Å². The first kappa shape index (κ1) is 22.6. The number of benzene rings is 1. The van der Waals surface area contributed by atoms with E-state index in [4.69, 9.17) is 5.10 Å². The molecule has 5 heterocycles. The lowest BCUT2D eigenvalue weighted by molar-refractivity contribution is 0.0559. The van der Waals surface area contributed by atoms with Gasteiger partial charge in [0.25, 0.3) is 0 Å². The molecule has 6 rings (SSSR count). The quantitative estimate of drug-likeness (QED) is 0.311. The Bertz CT molecular complexity index is 1440. The van der Waals surface area contributed by atoms with E-state index in [1.807, 2.05) is 0 Å². The van der Waals surface area contributed by atoms with Crippen LogP contribution < -0.4 is 0 Å². The van der Waals surface area contributed by atoms with Gasteiger partial charge in [0.1, 0.15) is 18.3 Å². The number of Topliss-reactive ketones (excluding diaryl/α,β-unsaturated/α-hetero) is 1. The van der Waals surface area contributed by atoms with Crippen molar-refractivity contribution in [2.45, 2.75) is 37.8 Å². The number of fused-ring (bicyclic) bond motifs is 4. The maximum atomic E-state index is 14.0. The molecular weight excluding hydrogens is 471 g/mol. The van der Waals surface area contributed by atoms with Crippen molar-refractivity contribution in [1.29, 1.82) is 0 Å². The SMILES string of the molecule is Cn1nc2c(c1-c1cc(F)c(F)c(F)c1)C[C@@H]1CCC[C@H]2N1CC(=O)c1cc(-n2cnnc2)ccn1. The largest absolute Gasteiger partial charge is 0.291 e. The van der Waals surface area contributed by atoms with Crippen molar-refractivity contribution < 1.29 is 18.0 Å². The number of halogens is 3. The smallest absolute Gasteiger partial charge is 0.195 e. The molecule has 2 aliphatic rings. The van der Waals surface area contributed by atoms with Gasteiger partial charge in [-0.25, -0.2) is 13.2 Å². The van der Waals surface area contributed by atoms with Crippen LogP contribution in [-0.2, 0) is 13.5 Å². The number of carbonyl (C=O) groups excluding carboxylic acids is 1. The number of piperidine rings is 1. The van der Waals surface area contributed by atoms with Gasteiger partial charge in [0.05, 0.1) is 29.7 Å². The molecule has 0 amide bonds. The Balaban J connectivity index is 1.32. The summed E-state index contributed by atoms with van der Waals surface area (Å²) in [6.45, 7) is 0.180. The second kappa shape index (κ2) is 8.66. The Kier molecular flexibility index (Phi) is 5.44. The summed E-state index contributed by atoms with van der Waals surface area (Å²) in [4.78, 5) is 19.7. The number of pyridine rings is 1. The molecule has 0 unspecified atom stereocenters. The molecule has 11 heteroatoms. The van der Waals surface area contributed by atoms with Gasteiger partial charge in [-0.15, -0.1) is 10.2 Å². The summed E-state index contributed by atoms with van der Waals surface area (Å²) >= 11 is 0. The Morgan fingerprint density at radius 3 is 2.58 bits per heavy atom. The van der Waals surface area contributed by atoms with Gasteiger partial charge in [-0.3, -0.25) is 23.9 Å². The van der Waals surface area contributed by atoms with Gasteiger partial charge in [0.2, 0.25) is 0 Å². The van der Waals surface area contributed by atoms with Crippen LogP contribution in [0.5, 0.6) is 0 Å². The highest BCUT2D eigenvalue weighted by atomic mass is 19.2. The number of carbonyl (C=O) groups is 1. The van der Waals surface area contributed by atoms with E-state index in [1.165, 1.54) is 0 Å². The van der Waals surface area contributed by atoms with E-state index >= 15 is 0 Å². The Labute approximate surface area is 204 Å². The Morgan fingerprint density at radius 2 is 1.83 bits per heavy atom. The van der Waals surface area contributed by atoms with Gasteiger partial charge in [0, 0.05) is 30.4 Å². The molecule has 0 N–H and O–H groups in total. The number of ketones is 1. The molecule has 8 nitrogen and oxygen atoms in total. The summed E-state index contributed by atoms with van der Waals surface area (Å²) in [6, 6.07) is 5.48. The lowest BCUT2D eigenvalue weighted by Gasteiger charge is -2.45. The van der Waals surface area contributed by atoms with Gasteiger partial charge in [-0.2, -0.15) is 5.10 Å². The molecule has 0 spiro atoms. The summed E-state index contributed by atoms with van der Waals surface area (Å²) in [6.07, 6.45) is 7.97. The average molecular weight is 493 g/mol. The molecule has 3 aromatic heterocycles. The number of aryl methyl sites for hydroxylation is 1. The van der Waals surface area contributed by atoms with Crippen LogP contribution >= 0.6 is 0 Å². The van der Waals surface area contributed by atoms with Crippen molar-refractivity contribution in [3.05, 3.63) is 77.5 Å². The van der Waals surface area contributed by atoms with E-state index in [1.54, 1.807) is 47.3 Å². The molecule has 0 aliphatic carbocycles. The minimum Gasteiger partial charge on any atom is -0.291 e. The van der Waals surface area contributed by atoms with E-state index in [9.17, 15) is 18.0 Å². The summed E-state index contributed by atoms with van der Waals surface area (Å²) in [7, 11) is 1.71. The van der Waals surface area contributed by atoms with Crippen molar-refractivity contribution in [3.63, 3.8) is 0 Å². The predicted octanol–water partition coefficient (Wildman–Crippen LogP) is 3.81. The third-order valence-electron chi connectivity index (χ3n) is 7.15. The molecule has 2 aliphatic heterocycles. The highest BCUT2D eigenvalue weighted by molar-refractivity contribution is 5.96. The number of rotatable bonds is 5. The molecule has 184 valence electrons. The third-order valence-corrected chi connectivity index (χ3v) is 7.15. The highest BCUT2D eigenvalue weighted by Gasteiger charge is 2.42. The first-order valence-corrected chi connectivity index (χ1v) is 11.7. The fraction of sp³-hybridized carbons (Fsp3) is 0.320. The molecule has 1 fully saturated rings. The zero-order valence-electron chi connectivity index (χ0n) is 19.4. The minimum absolute atomic E-state index is 0.0688. The van der Waals surface area contributed by atoms with Gasteiger partial charge in [0.15, 0.2) is 23.2 Å². The zero-order valence-corrected chi connectivity index (χ0v) is 19.4. The van der Waals surface area contributed by atoms with E-state index in [2.05, 4.69) is 20.1 Å². The molecule has 0 radical (unpaired) electrons. The maximum absolute atomic E-state index is 14.0. The topological polar surface area (TPSA) is 81.7 Å². The van der Waals surface area contributed by atoms with E-state index < -0.39 is 17.5 Å². The maximum Gasteiger partial charge on any atom is 0.195 e. The Morgan fingerprint density at radius 1 is 1.08 bits per heavy atom. The van der Waals surface area contributed by atoms with E-state index in [0.29, 0.717) is 17.8 Å². The normalized spacial score (nSPS) is 19.3. The number of hydrogen-bond acceptors (Lipinski definition) is 6. The lowest BCUT2D eigenvalue weighted by atomic mass is 9.81. The second-order valence-electron chi connectivity index (χ2n) is 9.26. The van der Waals surface area contributed by atoms with Crippen molar-refractivity contribution in [2.24, 2.45) is 7.05 Å². The number of hydrogen-bond donors (Lipinski definition) is 0. The fourth-order valence-electron chi connectivity index (χ4n) is 5.55. The Hall–Kier alpha value is -3.86. The average Bonchev–Trinajstić information content (AvgIpc) is 3.51. The van der Waals surface area contributed by atoms with Crippen LogP contribution in [0.25, 0.3) is 16.9 Å². The van der Waals surface area contributed by atoms with Crippen molar-refractivity contribution in [3.8, 4) is 16.9 Å². The summed E-state index contributed by atoms with van der Waals surface area (Å²) in [5.41, 5.74) is 3.62. The number of nitrogens with zero attached hydrogens (tertiary/aromatic N) is 7. The van der Waals surface area contributed by atoms with Crippen LogP contribution in [0.1, 0.15) is 47.1 Å². The van der Waals surface area contributed by atoms with Crippen molar-refractivity contribution in [2.75, 3.05) is 6.54 Å². The second-order valence-corrected chi connectivity index (χ2v) is 9.26. The standard InChI is InChI=1S/C25H22F3N7O/c1-33-25(14-7-18(26)23(28)19(27)8-14)17-9-16-3-2-4-21(24(17)32-33)35(16)11-22(36)20-10-15(5-6-29-20)34-12-30-31-13-34/h5-8,10,12-13,16,21H,2-4,9,11H2,1H3/t16-,21+/m0/s1. The van der Waals surface area contributed by atoms with Gasteiger partial charge < -0.3 is 0 Å². The van der Waals surface area contributed by atoms with Gasteiger partial charge >= 0.3 is 0 Å². The molecule has 2 bridgehead atoms. The van der Waals surface area contributed by atoms with Gasteiger partial charge in [-0.05, 0) is 49.9 Å². The fourth-order valence-corrected chi connectivity index (χ4v) is 5.55. The van der Waals surface area contributed by atoms with Gasteiger partial charge in [-0.1, -0.05) is 0 Å². The van der Waals surface area contributed by atoms with Crippen LogP contribution in [0.2, 0.25) is 0 Å². The first-order valence-electron chi connectivity index (χ1n) is 11.7. The molecule has 4 aromatic rings. The van der Waals surface area contributed by atoms with Crippen LogP contribution in [0, 0.1) is 17.5 Å². The molecule has 1 aromatic carbocycles. The first-order chi connectivity index (χ1) is 17.4. The third kappa shape index (κ3) is 3.70. The van der Waals surface area contributed by atoms with Crippen LogP contribution in [0.15, 0.2) is 43.1 Å². The molecule has 1 saturated heterocycles. The molecule has 2 atom stereocenters. The van der Waals surface area contributed by atoms with Crippen LogP contribution in [-0.4, -0.2) is 52.8 Å². The summed E-state index contributed by atoms with van der Waals surface area (Å²) in [5, 5.41) is 12.3. The molecular formula is C25H22F3N7O. The monoisotopic (exact) mass is 493 g/mol.